The van der Waals surface area contributed by atoms with Gasteiger partial charge in [0.15, 0.2) is 0 Å². The molecule has 7 nitrogen and oxygen atoms in total. The van der Waals surface area contributed by atoms with Gasteiger partial charge in [-0.05, 0) is 30.5 Å². The average Bonchev–Trinajstić information content (AvgIpc) is 3.06. The fraction of sp³-hybridized carbons (Fsp3) is 0.444. The first kappa shape index (κ1) is 20.0. The summed E-state index contributed by atoms with van der Waals surface area (Å²) in [6.07, 6.45) is 1.54. The second-order valence-electron chi connectivity index (χ2n) is 6.24. The van der Waals surface area contributed by atoms with Crippen molar-refractivity contribution in [3.05, 3.63) is 39.8 Å². The first-order valence-corrected chi connectivity index (χ1v) is 9.32. The third-order valence-electron chi connectivity index (χ3n) is 3.44. The summed E-state index contributed by atoms with van der Waals surface area (Å²) < 4.78 is 4.95. The number of hydrogen-bond acceptors (Lipinski definition) is 6. The molecule has 140 valence electrons. The molecule has 8 heteroatoms. The van der Waals surface area contributed by atoms with Crippen LogP contribution in [-0.2, 0) is 11.2 Å². The lowest BCUT2D eigenvalue weighted by Gasteiger charge is -2.07. The summed E-state index contributed by atoms with van der Waals surface area (Å²) >= 11 is 1.29. The SMILES string of the molecule is COCCCNC(=O)c1cccc(NC(=O)c2nnc(CC(C)C)s2)c1. The molecule has 2 N–H and O–H groups in total. The van der Waals surface area contributed by atoms with Crippen molar-refractivity contribution in [2.75, 3.05) is 25.6 Å². The van der Waals surface area contributed by atoms with Crippen LogP contribution in [-0.4, -0.2) is 42.3 Å². The molecule has 0 unspecified atom stereocenters. The second-order valence-corrected chi connectivity index (χ2v) is 7.30. The smallest absolute Gasteiger partial charge is 0.286 e. The van der Waals surface area contributed by atoms with E-state index in [1.165, 1.54) is 11.3 Å². The number of anilines is 1. The summed E-state index contributed by atoms with van der Waals surface area (Å²) in [7, 11) is 1.62. The van der Waals surface area contributed by atoms with Crippen LogP contribution in [0.1, 0.15) is 45.4 Å². The number of carbonyl (C=O) groups excluding carboxylic acids is 2. The van der Waals surface area contributed by atoms with Crippen molar-refractivity contribution in [2.45, 2.75) is 26.7 Å². The molecule has 0 saturated heterocycles. The lowest BCUT2D eigenvalue weighted by molar-refractivity contribution is 0.0947. The molecule has 0 radical (unpaired) electrons. The van der Waals surface area contributed by atoms with Gasteiger partial charge in [0.05, 0.1) is 0 Å². The van der Waals surface area contributed by atoms with Crippen molar-refractivity contribution >= 4 is 28.8 Å². The first-order valence-electron chi connectivity index (χ1n) is 8.50. The van der Waals surface area contributed by atoms with Gasteiger partial charge in [0.2, 0.25) is 5.01 Å². The highest BCUT2D eigenvalue weighted by atomic mass is 32.1. The zero-order valence-electron chi connectivity index (χ0n) is 15.2. The molecule has 0 aliphatic rings. The number of ether oxygens (including phenoxy) is 1. The van der Waals surface area contributed by atoms with E-state index in [1.807, 2.05) is 0 Å². The topological polar surface area (TPSA) is 93.2 Å². The molecule has 0 spiro atoms. The monoisotopic (exact) mass is 376 g/mol. The van der Waals surface area contributed by atoms with Crippen LogP contribution in [0.4, 0.5) is 5.69 Å². The Morgan fingerprint density at radius 1 is 1.23 bits per heavy atom. The van der Waals surface area contributed by atoms with Crippen molar-refractivity contribution < 1.29 is 14.3 Å². The minimum atomic E-state index is -0.324. The van der Waals surface area contributed by atoms with Gasteiger partial charge < -0.3 is 15.4 Å². The van der Waals surface area contributed by atoms with Gasteiger partial charge in [-0.25, -0.2) is 0 Å². The molecule has 1 heterocycles. The highest BCUT2D eigenvalue weighted by molar-refractivity contribution is 7.13. The Kier molecular flexibility index (Phi) is 7.68. The maximum Gasteiger partial charge on any atom is 0.286 e. The minimum absolute atomic E-state index is 0.188. The summed E-state index contributed by atoms with van der Waals surface area (Å²) in [6.45, 7) is 5.31. The highest BCUT2D eigenvalue weighted by Crippen LogP contribution is 2.17. The van der Waals surface area contributed by atoms with Gasteiger partial charge in [0.1, 0.15) is 5.01 Å². The number of methoxy groups -OCH3 is 1. The van der Waals surface area contributed by atoms with E-state index in [4.69, 9.17) is 4.74 Å². The fourth-order valence-corrected chi connectivity index (χ4v) is 3.17. The van der Waals surface area contributed by atoms with Crippen LogP contribution < -0.4 is 10.6 Å². The van der Waals surface area contributed by atoms with Gasteiger partial charge in [0, 0.05) is 37.9 Å². The number of amides is 2. The normalized spacial score (nSPS) is 10.8. The third kappa shape index (κ3) is 6.20. The van der Waals surface area contributed by atoms with Crippen molar-refractivity contribution in [1.29, 1.82) is 0 Å². The number of nitrogens with one attached hydrogen (secondary N) is 2. The molecule has 1 aromatic heterocycles. The Hall–Kier alpha value is -2.32. The van der Waals surface area contributed by atoms with E-state index < -0.39 is 0 Å². The number of hydrogen-bond donors (Lipinski definition) is 2. The summed E-state index contributed by atoms with van der Waals surface area (Å²) in [5.41, 5.74) is 1.03. The van der Waals surface area contributed by atoms with Gasteiger partial charge in [-0.3, -0.25) is 9.59 Å². The van der Waals surface area contributed by atoms with Gasteiger partial charge in [-0.15, -0.1) is 10.2 Å². The fourth-order valence-electron chi connectivity index (χ4n) is 2.22. The number of rotatable bonds is 9. The van der Waals surface area contributed by atoms with Crippen LogP contribution in [0.3, 0.4) is 0 Å². The van der Waals surface area contributed by atoms with Crippen molar-refractivity contribution in [1.82, 2.24) is 15.5 Å². The molecule has 0 aliphatic heterocycles. The van der Waals surface area contributed by atoms with Gasteiger partial charge >= 0.3 is 0 Å². The predicted octanol–water partition coefficient (Wildman–Crippen LogP) is 2.76. The van der Waals surface area contributed by atoms with Crippen LogP contribution in [0.25, 0.3) is 0 Å². The van der Waals surface area contributed by atoms with E-state index in [0.29, 0.717) is 35.3 Å². The summed E-state index contributed by atoms with van der Waals surface area (Å²) in [6, 6.07) is 6.80. The van der Waals surface area contributed by atoms with E-state index >= 15 is 0 Å². The Labute approximate surface area is 157 Å². The Balaban J connectivity index is 1.95. The molecule has 0 fully saturated rings. The van der Waals surface area contributed by atoms with E-state index in [1.54, 1.807) is 31.4 Å². The zero-order valence-corrected chi connectivity index (χ0v) is 16.1. The van der Waals surface area contributed by atoms with Crippen molar-refractivity contribution in [2.24, 2.45) is 5.92 Å². The van der Waals surface area contributed by atoms with Crippen LogP contribution in [0.5, 0.6) is 0 Å². The van der Waals surface area contributed by atoms with Crippen molar-refractivity contribution in [3.63, 3.8) is 0 Å². The summed E-state index contributed by atoms with van der Waals surface area (Å²) in [4.78, 5) is 24.5. The van der Waals surface area contributed by atoms with Crippen LogP contribution in [0.15, 0.2) is 24.3 Å². The standard InChI is InChI=1S/C18H24N4O3S/c1-12(2)10-15-21-22-18(26-15)17(24)20-14-7-4-6-13(11-14)16(23)19-8-5-9-25-3/h4,6-7,11-12H,5,8-10H2,1-3H3,(H,19,23)(H,20,24). The van der Waals surface area contributed by atoms with Crippen molar-refractivity contribution in [3.8, 4) is 0 Å². The summed E-state index contributed by atoms with van der Waals surface area (Å²) in [5.74, 6) is -0.0551. The zero-order chi connectivity index (χ0) is 18.9. The largest absolute Gasteiger partial charge is 0.385 e. The molecule has 2 amide bonds. The van der Waals surface area contributed by atoms with Gasteiger partial charge in [0.25, 0.3) is 11.8 Å². The number of carbonyl (C=O) groups is 2. The lowest BCUT2D eigenvalue weighted by Crippen LogP contribution is -2.25. The molecule has 0 atom stereocenters. The maximum atomic E-state index is 12.3. The lowest BCUT2D eigenvalue weighted by atomic mass is 10.1. The molecule has 0 aliphatic carbocycles. The molecule has 1 aromatic carbocycles. The third-order valence-corrected chi connectivity index (χ3v) is 4.38. The minimum Gasteiger partial charge on any atom is -0.385 e. The first-order chi connectivity index (χ1) is 12.5. The molecule has 0 saturated carbocycles. The Bertz CT molecular complexity index is 746. The number of aromatic nitrogens is 2. The van der Waals surface area contributed by atoms with E-state index in [2.05, 4.69) is 34.7 Å². The van der Waals surface area contributed by atoms with E-state index in [0.717, 1.165) is 17.8 Å². The molecular weight excluding hydrogens is 352 g/mol. The molecule has 26 heavy (non-hydrogen) atoms. The number of nitrogens with zero attached hydrogens (tertiary/aromatic N) is 2. The Morgan fingerprint density at radius 3 is 2.77 bits per heavy atom. The maximum absolute atomic E-state index is 12.3. The van der Waals surface area contributed by atoms with Gasteiger partial charge in [-0.1, -0.05) is 31.3 Å². The Morgan fingerprint density at radius 2 is 2.04 bits per heavy atom. The predicted molar refractivity (Wildman–Crippen MR) is 102 cm³/mol. The molecule has 2 rings (SSSR count). The highest BCUT2D eigenvalue weighted by Gasteiger charge is 2.14. The van der Waals surface area contributed by atoms with Crippen LogP contribution >= 0.6 is 11.3 Å². The van der Waals surface area contributed by atoms with Crippen LogP contribution in [0.2, 0.25) is 0 Å². The molecular formula is C18H24N4O3S. The van der Waals surface area contributed by atoms with E-state index in [9.17, 15) is 9.59 Å². The average molecular weight is 376 g/mol. The van der Waals surface area contributed by atoms with E-state index in [-0.39, 0.29) is 11.8 Å². The molecule has 0 bridgehead atoms. The van der Waals surface area contributed by atoms with Crippen LogP contribution in [0, 0.1) is 5.92 Å². The summed E-state index contributed by atoms with van der Waals surface area (Å²) in [5, 5.41) is 14.7. The quantitative estimate of drug-likeness (QED) is 0.657. The van der Waals surface area contributed by atoms with Gasteiger partial charge in [-0.2, -0.15) is 0 Å². The molecule has 2 aromatic rings. The number of benzene rings is 1. The second kappa shape index (κ2) is 9.98.